The van der Waals surface area contributed by atoms with Crippen LogP contribution in [0.4, 0.5) is 11.8 Å². The molecular weight excluding hydrogens is 444 g/mol. The van der Waals surface area contributed by atoms with Crippen LogP contribution in [-0.4, -0.2) is 66.5 Å². The van der Waals surface area contributed by atoms with Crippen LogP contribution in [0.2, 0.25) is 0 Å². The van der Waals surface area contributed by atoms with Gasteiger partial charge >= 0.3 is 5.76 Å². The molecule has 2 fully saturated rings. The van der Waals surface area contributed by atoms with Crippen LogP contribution in [-0.2, 0) is 17.1 Å². The molecule has 2 aliphatic heterocycles. The summed E-state index contributed by atoms with van der Waals surface area (Å²) in [7, 11) is -2.14. The van der Waals surface area contributed by atoms with E-state index < -0.39 is 15.8 Å². The van der Waals surface area contributed by atoms with Gasteiger partial charge in [-0.15, -0.1) is 0 Å². The zero-order chi connectivity index (χ0) is 23.2. The number of piperazine rings is 1. The highest BCUT2D eigenvalue weighted by Gasteiger charge is 2.30. The number of sulfonamides is 1. The maximum absolute atomic E-state index is 13.3. The molecule has 0 amide bonds. The molecule has 1 aromatic carbocycles. The minimum Gasteiger partial charge on any atom is -0.408 e. The summed E-state index contributed by atoms with van der Waals surface area (Å²) in [4.78, 5) is 25.7. The van der Waals surface area contributed by atoms with E-state index in [2.05, 4.69) is 14.8 Å². The molecule has 2 aromatic heterocycles. The number of benzene rings is 1. The standard InChI is InChI=1S/C22H28N6O4S/c1-16-14-20(26-8-4-3-5-9-26)24-21(23-16)27-10-12-28(13-11-27)33(30,31)17-6-7-19-18(15-17)25(2)22(29)32-19/h6-7,14-15H,3-5,8-13H2,1-2H3. The van der Waals surface area contributed by atoms with Crippen LogP contribution >= 0.6 is 0 Å². The predicted molar refractivity (Wildman–Crippen MR) is 125 cm³/mol. The molecule has 4 heterocycles. The van der Waals surface area contributed by atoms with E-state index in [0.29, 0.717) is 43.2 Å². The van der Waals surface area contributed by atoms with Crippen molar-refractivity contribution >= 4 is 32.9 Å². The molecule has 11 heteroatoms. The lowest BCUT2D eigenvalue weighted by atomic mass is 10.1. The van der Waals surface area contributed by atoms with Crippen molar-refractivity contribution in [2.24, 2.45) is 7.05 Å². The summed E-state index contributed by atoms with van der Waals surface area (Å²) in [6, 6.07) is 6.54. The smallest absolute Gasteiger partial charge is 0.408 e. The quantitative estimate of drug-likeness (QED) is 0.565. The van der Waals surface area contributed by atoms with Crippen LogP contribution in [0.15, 0.2) is 38.4 Å². The molecule has 0 saturated carbocycles. The van der Waals surface area contributed by atoms with E-state index >= 15 is 0 Å². The number of piperidine rings is 1. The van der Waals surface area contributed by atoms with E-state index in [-0.39, 0.29) is 4.90 Å². The van der Waals surface area contributed by atoms with Crippen LogP contribution in [0.25, 0.3) is 11.1 Å². The maximum Gasteiger partial charge on any atom is 0.419 e. The van der Waals surface area contributed by atoms with E-state index in [1.54, 1.807) is 7.05 Å². The fraction of sp³-hybridized carbons (Fsp3) is 0.500. The van der Waals surface area contributed by atoms with Gasteiger partial charge in [0.25, 0.3) is 0 Å². The van der Waals surface area contributed by atoms with Crippen molar-refractivity contribution in [3.8, 4) is 0 Å². The van der Waals surface area contributed by atoms with Crippen molar-refractivity contribution in [2.45, 2.75) is 31.1 Å². The van der Waals surface area contributed by atoms with Crippen molar-refractivity contribution in [3.63, 3.8) is 0 Å². The molecule has 176 valence electrons. The number of oxazole rings is 1. The van der Waals surface area contributed by atoms with E-state index in [1.807, 2.05) is 13.0 Å². The zero-order valence-electron chi connectivity index (χ0n) is 18.9. The third-order valence-electron chi connectivity index (χ3n) is 6.43. The Morgan fingerprint density at radius 3 is 2.36 bits per heavy atom. The van der Waals surface area contributed by atoms with Crippen molar-refractivity contribution in [3.05, 3.63) is 40.5 Å². The van der Waals surface area contributed by atoms with Gasteiger partial charge in [0.1, 0.15) is 5.82 Å². The lowest BCUT2D eigenvalue weighted by molar-refractivity contribution is 0.382. The van der Waals surface area contributed by atoms with Crippen LogP contribution in [0, 0.1) is 6.92 Å². The van der Waals surface area contributed by atoms with Gasteiger partial charge in [-0.2, -0.15) is 9.29 Å². The maximum atomic E-state index is 13.3. The first-order valence-electron chi connectivity index (χ1n) is 11.3. The highest BCUT2D eigenvalue weighted by molar-refractivity contribution is 7.89. The first-order valence-corrected chi connectivity index (χ1v) is 12.7. The summed E-state index contributed by atoms with van der Waals surface area (Å²) in [5, 5.41) is 0. The number of aromatic nitrogens is 3. The second kappa shape index (κ2) is 8.45. The van der Waals surface area contributed by atoms with Crippen LogP contribution in [0.5, 0.6) is 0 Å². The van der Waals surface area contributed by atoms with Crippen molar-refractivity contribution in [2.75, 3.05) is 49.1 Å². The van der Waals surface area contributed by atoms with Gasteiger partial charge in [0, 0.05) is 58.1 Å². The monoisotopic (exact) mass is 472 g/mol. The molecule has 33 heavy (non-hydrogen) atoms. The highest BCUT2D eigenvalue weighted by Crippen LogP contribution is 2.25. The molecule has 0 radical (unpaired) electrons. The Balaban J connectivity index is 1.33. The molecule has 0 unspecified atom stereocenters. The minimum atomic E-state index is -3.70. The summed E-state index contributed by atoms with van der Waals surface area (Å²) in [5.74, 6) is 1.09. The lowest BCUT2D eigenvalue weighted by Crippen LogP contribution is -2.49. The Kier molecular flexibility index (Phi) is 5.61. The number of rotatable bonds is 4. The predicted octanol–water partition coefficient (Wildman–Crippen LogP) is 1.73. The fourth-order valence-electron chi connectivity index (χ4n) is 4.51. The molecule has 0 spiro atoms. The van der Waals surface area contributed by atoms with E-state index in [1.165, 1.54) is 46.3 Å². The Bertz CT molecular complexity index is 1330. The molecule has 3 aromatic rings. The van der Waals surface area contributed by atoms with Crippen LogP contribution < -0.4 is 15.6 Å². The summed E-state index contributed by atoms with van der Waals surface area (Å²) in [5.41, 5.74) is 1.74. The van der Waals surface area contributed by atoms with E-state index in [9.17, 15) is 13.2 Å². The molecule has 2 aliphatic rings. The zero-order valence-corrected chi connectivity index (χ0v) is 19.7. The topological polar surface area (TPSA) is 105 Å². The Hall–Kier alpha value is -2.92. The molecule has 10 nitrogen and oxygen atoms in total. The fourth-order valence-corrected chi connectivity index (χ4v) is 5.95. The lowest BCUT2D eigenvalue weighted by Gasteiger charge is -2.35. The number of hydrogen-bond donors (Lipinski definition) is 0. The molecule has 0 atom stereocenters. The van der Waals surface area contributed by atoms with Crippen LogP contribution in [0.1, 0.15) is 25.0 Å². The SMILES string of the molecule is Cc1cc(N2CCCCC2)nc(N2CCN(S(=O)(=O)c3ccc4oc(=O)n(C)c4c3)CC2)n1. The molecule has 2 saturated heterocycles. The van der Waals surface area contributed by atoms with Crippen molar-refractivity contribution < 1.29 is 12.8 Å². The molecular formula is C22H28N6O4S. The summed E-state index contributed by atoms with van der Waals surface area (Å²) in [6.45, 7) is 5.67. The van der Waals surface area contributed by atoms with Gasteiger partial charge in [-0.1, -0.05) is 0 Å². The van der Waals surface area contributed by atoms with Gasteiger partial charge < -0.3 is 14.2 Å². The second-order valence-corrected chi connectivity index (χ2v) is 10.6. The summed E-state index contributed by atoms with van der Waals surface area (Å²) < 4.78 is 34.4. The second-order valence-electron chi connectivity index (χ2n) is 8.66. The van der Waals surface area contributed by atoms with Gasteiger partial charge in [-0.05, 0) is 44.4 Å². The Morgan fingerprint density at radius 2 is 1.64 bits per heavy atom. The number of aryl methyl sites for hydroxylation is 2. The molecule has 5 rings (SSSR count). The number of nitrogens with zero attached hydrogens (tertiary/aromatic N) is 6. The largest absolute Gasteiger partial charge is 0.419 e. The average Bonchev–Trinajstić information content (AvgIpc) is 3.12. The average molecular weight is 473 g/mol. The van der Waals surface area contributed by atoms with Crippen molar-refractivity contribution in [1.29, 1.82) is 0 Å². The third-order valence-corrected chi connectivity index (χ3v) is 8.33. The molecule has 0 N–H and O–H groups in total. The molecule has 0 bridgehead atoms. The molecule has 0 aliphatic carbocycles. The van der Waals surface area contributed by atoms with E-state index in [4.69, 9.17) is 9.40 Å². The Morgan fingerprint density at radius 1 is 0.909 bits per heavy atom. The number of fused-ring (bicyclic) bond motifs is 1. The van der Waals surface area contributed by atoms with Gasteiger partial charge in [0.15, 0.2) is 5.58 Å². The van der Waals surface area contributed by atoms with Gasteiger partial charge in [-0.3, -0.25) is 4.57 Å². The Labute approximate surface area is 192 Å². The number of hydrogen-bond acceptors (Lipinski definition) is 8. The van der Waals surface area contributed by atoms with Gasteiger partial charge in [0.2, 0.25) is 16.0 Å². The van der Waals surface area contributed by atoms with Crippen LogP contribution in [0.3, 0.4) is 0 Å². The normalized spacial score (nSPS) is 18.2. The van der Waals surface area contributed by atoms with Gasteiger partial charge in [-0.25, -0.2) is 18.2 Å². The summed E-state index contributed by atoms with van der Waals surface area (Å²) in [6.07, 6.45) is 3.61. The first kappa shape index (κ1) is 21.9. The van der Waals surface area contributed by atoms with Gasteiger partial charge in [0.05, 0.1) is 10.4 Å². The van der Waals surface area contributed by atoms with Crippen molar-refractivity contribution in [1.82, 2.24) is 18.8 Å². The highest BCUT2D eigenvalue weighted by atomic mass is 32.2. The minimum absolute atomic E-state index is 0.152. The summed E-state index contributed by atoms with van der Waals surface area (Å²) >= 11 is 0. The van der Waals surface area contributed by atoms with E-state index in [0.717, 1.165) is 24.6 Å². The first-order chi connectivity index (χ1) is 15.8. The third kappa shape index (κ3) is 4.10. The number of anilines is 2.